The van der Waals surface area contributed by atoms with E-state index >= 15 is 0 Å². The van der Waals surface area contributed by atoms with Gasteiger partial charge in [-0.15, -0.1) is 0 Å². The summed E-state index contributed by atoms with van der Waals surface area (Å²) in [5.41, 5.74) is 0.842. The quantitative estimate of drug-likeness (QED) is 0.590. The van der Waals surface area contributed by atoms with E-state index in [2.05, 4.69) is 15.9 Å². The van der Waals surface area contributed by atoms with Crippen molar-refractivity contribution in [1.29, 1.82) is 0 Å². The van der Waals surface area contributed by atoms with Crippen LogP contribution in [0.3, 0.4) is 0 Å². The second kappa shape index (κ2) is 10.3. The number of para-hydroxylation sites is 1. The minimum atomic E-state index is -0.692. The fraction of sp³-hybridized carbons (Fsp3) is 0.440. The zero-order valence-electron chi connectivity index (χ0n) is 17.7. The highest BCUT2D eigenvalue weighted by Crippen LogP contribution is 2.31. The third kappa shape index (κ3) is 5.48. The van der Waals surface area contributed by atoms with Crippen LogP contribution in [0.4, 0.5) is 0 Å². The molecule has 2 aliphatic rings. The molecule has 5 nitrogen and oxygen atoms in total. The molecule has 31 heavy (non-hydrogen) atoms. The first-order valence-electron chi connectivity index (χ1n) is 11.1. The third-order valence-electron chi connectivity index (χ3n) is 6.26. The molecule has 2 saturated heterocycles. The Morgan fingerprint density at radius 1 is 0.903 bits per heavy atom. The van der Waals surface area contributed by atoms with E-state index in [4.69, 9.17) is 4.74 Å². The summed E-state index contributed by atoms with van der Waals surface area (Å²) in [5.74, 6) is 1.26. The highest BCUT2D eigenvalue weighted by Gasteiger charge is 2.32. The van der Waals surface area contributed by atoms with Crippen LogP contribution in [0.25, 0.3) is 0 Å². The first-order chi connectivity index (χ1) is 15.1. The predicted octanol–water partition coefficient (Wildman–Crippen LogP) is 4.82. The van der Waals surface area contributed by atoms with Crippen molar-refractivity contribution in [2.24, 2.45) is 5.92 Å². The van der Waals surface area contributed by atoms with E-state index in [0.717, 1.165) is 48.8 Å². The van der Waals surface area contributed by atoms with Gasteiger partial charge in [0.15, 0.2) is 0 Å². The molecule has 2 aliphatic heterocycles. The van der Waals surface area contributed by atoms with Gasteiger partial charge in [-0.05, 0) is 59.7 Å². The van der Waals surface area contributed by atoms with E-state index in [0.29, 0.717) is 31.2 Å². The number of piperidine rings is 1. The first kappa shape index (κ1) is 21.9. The Hall–Kier alpha value is -2.34. The van der Waals surface area contributed by atoms with Gasteiger partial charge in [-0.25, -0.2) is 0 Å². The Labute approximate surface area is 192 Å². The molecule has 0 N–H and O–H groups in total. The molecule has 2 heterocycles. The number of hydrogen-bond acceptors (Lipinski definition) is 3. The molecular weight excluding hydrogens is 456 g/mol. The van der Waals surface area contributed by atoms with E-state index in [1.54, 1.807) is 0 Å². The summed E-state index contributed by atoms with van der Waals surface area (Å²) in [6.45, 7) is 3.14. The van der Waals surface area contributed by atoms with Crippen LogP contribution in [-0.2, 0) is 9.59 Å². The molecule has 2 fully saturated rings. The summed E-state index contributed by atoms with van der Waals surface area (Å²) in [7, 11) is 0. The van der Waals surface area contributed by atoms with Crippen LogP contribution >= 0.6 is 15.9 Å². The van der Waals surface area contributed by atoms with Crippen LogP contribution < -0.4 is 4.74 Å². The summed E-state index contributed by atoms with van der Waals surface area (Å²) in [4.78, 5) is 29.8. The van der Waals surface area contributed by atoms with Gasteiger partial charge in [0.1, 0.15) is 5.75 Å². The average molecular weight is 485 g/mol. The van der Waals surface area contributed by atoms with E-state index < -0.39 is 6.10 Å². The summed E-state index contributed by atoms with van der Waals surface area (Å²) in [5, 5.41) is 0. The Morgan fingerprint density at radius 3 is 2.23 bits per heavy atom. The molecule has 0 spiro atoms. The zero-order valence-corrected chi connectivity index (χ0v) is 19.3. The number of likely N-dealkylation sites (tertiary alicyclic amines) is 2. The van der Waals surface area contributed by atoms with Crippen molar-refractivity contribution < 1.29 is 14.3 Å². The van der Waals surface area contributed by atoms with Crippen molar-refractivity contribution >= 4 is 27.7 Å². The number of carbonyl (C=O) groups is 2. The Balaban J connectivity index is 1.40. The largest absolute Gasteiger partial charge is 0.475 e. The molecule has 164 valence electrons. The normalized spacial score (nSPS) is 18.1. The van der Waals surface area contributed by atoms with Gasteiger partial charge in [0.25, 0.3) is 5.91 Å². The van der Waals surface area contributed by atoms with Gasteiger partial charge in [0.05, 0.1) is 4.47 Å². The van der Waals surface area contributed by atoms with Crippen molar-refractivity contribution in [3.63, 3.8) is 0 Å². The minimum absolute atomic E-state index is 0.0220. The number of carbonyl (C=O) groups excluding carboxylic acids is 2. The van der Waals surface area contributed by atoms with Gasteiger partial charge in [0.2, 0.25) is 12.0 Å². The molecule has 4 rings (SSSR count). The molecule has 2 aromatic carbocycles. The predicted molar refractivity (Wildman–Crippen MR) is 124 cm³/mol. The Kier molecular flexibility index (Phi) is 7.28. The monoisotopic (exact) mass is 484 g/mol. The summed E-state index contributed by atoms with van der Waals surface area (Å²) in [6.07, 6.45) is 3.89. The molecule has 1 atom stereocenters. The maximum Gasteiger partial charge on any atom is 0.268 e. The number of amides is 2. The molecule has 2 aromatic rings. The second-order valence-corrected chi connectivity index (χ2v) is 9.25. The van der Waals surface area contributed by atoms with Crippen LogP contribution in [0.2, 0.25) is 0 Å². The lowest BCUT2D eigenvalue weighted by atomic mass is 9.92. The van der Waals surface area contributed by atoms with E-state index in [-0.39, 0.29) is 11.8 Å². The summed E-state index contributed by atoms with van der Waals surface area (Å²) < 4.78 is 7.03. The Morgan fingerprint density at radius 2 is 1.55 bits per heavy atom. The minimum Gasteiger partial charge on any atom is -0.475 e. The van der Waals surface area contributed by atoms with Crippen molar-refractivity contribution in [3.05, 3.63) is 64.6 Å². The van der Waals surface area contributed by atoms with Crippen LogP contribution in [0.1, 0.15) is 43.8 Å². The van der Waals surface area contributed by atoms with Crippen molar-refractivity contribution in [2.75, 3.05) is 26.2 Å². The lowest BCUT2D eigenvalue weighted by molar-refractivity contribution is -0.140. The van der Waals surface area contributed by atoms with Crippen molar-refractivity contribution in [3.8, 4) is 5.75 Å². The lowest BCUT2D eigenvalue weighted by Gasteiger charge is -2.34. The fourth-order valence-electron chi connectivity index (χ4n) is 4.42. The molecule has 0 radical (unpaired) electrons. The number of rotatable bonds is 6. The van der Waals surface area contributed by atoms with Crippen molar-refractivity contribution in [2.45, 2.75) is 38.2 Å². The SMILES string of the molecule is O=C(CC1CCN(C(=O)C(Oc2ccccc2Br)c2ccccc2)CC1)N1CCCC1. The number of hydrogen-bond donors (Lipinski definition) is 0. The van der Waals surface area contributed by atoms with Crippen LogP contribution in [0.15, 0.2) is 59.1 Å². The number of halogens is 1. The molecule has 0 aliphatic carbocycles. The highest BCUT2D eigenvalue weighted by molar-refractivity contribution is 9.10. The average Bonchev–Trinajstić information content (AvgIpc) is 3.34. The van der Waals surface area contributed by atoms with Gasteiger partial charge < -0.3 is 14.5 Å². The smallest absolute Gasteiger partial charge is 0.268 e. The van der Waals surface area contributed by atoms with Crippen molar-refractivity contribution in [1.82, 2.24) is 9.80 Å². The van der Waals surface area contributed by atoms with E-state index in [1.807, 2.05) is 64.4 Å². The molecule has 2 amide bonds. The van der Waals surface area contributed by atoms with Gasteiger partial charge in [-0.3, -0.25) is 9.59 Å². The molecule has 6 heteroatoms. The Bertz CT molecular complexity index is 891. The molecule has 0 aromatic heterocycles. The lowest BCUT2D eigenvalue weighted by Crippen LogP contribution is -2.43. The maximum absolute atomic E-state index is 13.5. The highest BCUT2D eigenvalue weighted by atomic mass is 79.9. The second-order valence-electron chi connectivity index (χ2n) is 8.40. The van der Waals surface area contributed by atoms with Crippen LogP contribution in [-0.4, -0.2) is 47.8 Å². The van der Waals surface area contributed by atoms with Gasteiger partial charge in [0, 0.05) is 38.2 Å². The van der Waals surface area contributed by atoms with Crippen LogP contribution in [0, 0.1) is 5.92 Å². The van der Waals surface area contributed by atoms with Gasteiger partial charge in [-0.2, -0.15) is 0 Å². The standard InChI is InChI=1S/C25H29BrN2O3/c26-21-10-4-5-11-22(21)31-24(20-8-2-1-3-9-20)25(30)28-16-12-19(13-17-28)18-23(29)27-14-6-7-15-27/h1-5,8-11,19,24H,6-7,12-18H2. The van der Waals surface area contributed by atoms with E-state index in [1.165, 1.54) is 0 Å². The van der Waals surface area contributed by atoms with Gasteiger partial charge >= 0.3 is 0 Å². The first-order valence-corrected chi connectivity index (χ1v) is 11.9. The van der Waals surface area contributed by atoms with Gasteiger partial charge in [-0.1, -0.05) is 42.5 Å². The molecule has 0 bridgehead atoms. The number of ether oxygens (including phenoxy) is 1. The molecule has 1 unspecified atom stereocenters. The summed E-state index contributed by atoms with van der Waals surface area (Å²) >= 11 is 3.52. The molecular formula is C25H29BrN2O3. The third-order valence-corrected chi connectivity index (χ3v) is 6.91. The number of benzene rings is 2. The maximum atomic E-state index is 13.5. The summed E-state index contributed by atoms with van der Waals surface area (Å²) in [6, 6.07) is 17.2. The van der Waals surface area contributed by atoms with Crippen LogP contribution in [0.5, 0.6) is 5.75 Å². The zero-order chi connectivity index (χ0) is 21.6. The number of nitrogens with zero attached hydrogens (tertiary/aromatic N) is 2. The topological polar surface area (TPSA) is 49.9 Å². The van der Waals surface area contributed by atoms with E-state index in [9.17, 15) is 9.59 Å². The molecule has 0 saturated carbocycles. The fourth-order valence-corrected chi connectivity index (χ4v) is 4.80.